The van der Waals surface area contributed by atoms with Gasteiger partial charge in [-0.3, -0.25) is 4.79 Å². The van der Waals surface area contributed by atoms with Crippen LogP contribution in [0.3, 0.4) is 0 Å². The molecule has 22 heavy (non-hydrogen) atoms. The molecule has 0 heterocycles. The summed E-state index contributed by atoms with van der Waals surface area (Å²) in [5.41, 5.74) is 0.208. The lowest BCUT2D eigenvalue weighted by Gasteiger charge is -2.33. The molecule has 1 aromatic carbocycles. The number of hydrogen-bond acceptors (Lipinski definition) is 3. The largest absolute Gasteiger partial charge is 0.475 e. The molecule has 1 aliphatic carbocycles. The van der Waals surface area contributed by atoms with Crippen LogP contribution in [0.5, 0.6) is 0 Å². The highest BCUT2D eigenvalue weighted by Gasteiger charge is 2.28. The van der Waals surface area contributed by atoms with Crippen LogP contribution >= 0.6 is 0 Å². The first-order valence-corrected chi connectivity index (χ1v) is 7.83. The fourth-order valence-electron chi connectivity index (χ4n) is 2.86. The van der Waals surface area contributed by atoms with Gasteiger partial charge in [-0.1, -0.05) is 57.5 Å². The Bertz CT molecular complexity index is 481. The van der Waals surface area contributed by atoms with E-state index in [0.29, 0.717) is 11.8 Å². The average molecular weight is 306 g/mol. The summed E-state index contributed by atoms with van der Waals surface area (Å²) in [6, 6.07) is 7.90. The summed E-state index contributed by atoms with van der Waals surface area (Å²) in [6.45, 7) is 6.66. The molecule has 2 N–H and O–H groups in total. The average Bonchev–Trinajstić information content (AvgIpc) is 2.47. The molecule has 0 bridgehead atoms. The third-order valence-electron chi connectivity index (χ3n) is 4.22. The maximum atomic E-state index is 10.7. The van der Waals surface area contributed by atoms with Gasteiger partial charge >= 0.3 is 5.97 Å². The summed E-state index contributed by atoms with van der Waals surface area (Å²) in [6.07, 6.45) is 3.52. The molecule has 1 saturated carbocycles. The number of benzene rings is 1. The topological polar surface area (TPSA) is 74.6 Å². The molecule has 0 aliphatic heterocycles. The normalized spacial score (nSPS) is 24.3. The van der Waals surface area contributed by atoms with Gasteiger partial charge in [0.25, 0.3) is 5.78 Å². The molecule has 4 nitrogen and oxygen atoms in total. The Morgan fingerprint density at radius 1 is 1.14 bits per heavy atom. The molecule has 4 heteroatoms. The van der Waals surface area contributed by atoms with Gasteiger partial charge in [-0.2, -0.15) is 0 Å². The lowest BCUT2D eigenvalue weighted by atomic mass is 9.75. The highest BCUT2D eigenvalue weighted by Crippen LogP contribution is 2.33. The summed E-state index contributed by atoms with van der Waals surface area (Å²) >= 11 is 0. The van der Waals surface area contributed by atoms with Gasteiger partial charge in [0, 0.05) is 5.56 Å². The standard InChI is InChI=1S/C10H20O.C8H6O3/c1-7(2)9-5-4-8(3)6-10(9)11;9-7(8(10)11)6-4-2-1-3-5-6/h7-11H,4-6H2,1-3H3;1-5H,(H,10,11). The summed E-state index contributed by atoms with van der Waals surface area (Å²) in [5, 5.41) is 18.0. The maximum absolute atomic E-state index is 10.7. The van der Waals surface area contributed by atoms with Crippen LogP contribution in [0.2, 0.25) is 0 Å². The number of carbonyl (C=O) groups excluding carboxylic acids is 1. The Hall–Kier alpha value is -1.68. The van der Waals surface area contributed by atoms with Crippen LogP contribution in [0.1, 0.15) is 50.4 Å². The van der Waals surface area contributed by atoms with Gasteiger partial charge in [-0.15, -0.1) is 0 Å². The second-order valence-corrected chi connectivity index (χ2v) is 6.39. The zero-order valence-electron chi connectivity index (χ0n) is 13.5. The number of rotatable bonds is 3. The highest BCUT2D eigenvalue weighted by molar-refractivity contribution is 6.39. The molecule has 3 unspecified atom stereocenters. The maximum Gasteiger partial charge on any atom is 0.377 e. The molecular formula is C18H26O4. The lowest BCUT2D eigenvalue weighted by Crippen LogP contribution is -2.31. The number of hydrogen-bond donors (Lipinski definition) is 2. The smallest absolute Gasteiger partial charge is 0.377 e. The van der Waals surface area contributed by atoms with E-state index in [4.69, 9.17) is 5.11 Å². The number of carboxylic acids is 1. The number of carbonyl (C=O) groups is 2. The second-order valence-electron chi connectivity index (χ2n) is 6.39. The van der Waals surface area contributed by atoms with Crippen molar-refractivity contribution >= 4 is 11.8 Å². The molecule has 1 aromatic rings. The predicted molar refractivity (Wildman–Crippen MR) is 85.8 cm³/mol. The predicted octanol–water partition coefficient (Wildman–Crippen LogP) is 3.39. The number of ketones is 1. The van der Waals surface area contributed by atoms with Crippen molar-refractivity contribution in [1.82, 2.24) is 0 Å². The molecule has 0 amide bonds. The Labute approximate surface area is 132 Å². The van der Waals surface area contributed by atoms with Crippen LogP contribution in [-0.4, -0.2) is 28.1 Å². The molecule has 1 fully saturated rings. The third kappa shape index (κ3) is 5.60. The van der Waals surface area contributed by atoms with Crippen LogP contribution in [0.15, 0.2) is 30.3 Å². The minimum atomic E-state index is -1.42. The Balaban J connectivity index is 0.000000220. The number of carboxylic acid groups (broad SMARTS) is 1. The van der Waals surface area contributed by atoms with Gasteiger partial charge in [-0.25, -0.2) is 4.79 Å². The van der Waals surface area contributed by atoms with Gasteiger partial charge < -0.3 is 10.2 Å². The molecule has 3 atom stereocenters. The first-order chi connectivity index (χ1) is 10.3. The van der Waals surface area contributed by atoms with Gasteiger partial charge in [0.05, 0.1) is 6.10 Å². The van der Waals surface area contributed by atoms with Crippen molar-refractivity contribution in [2.45, 2.75) is 46.1 Å². The van der Waals surface area contributed by atoms with Crippen LogP contribution in [0, 0.1) is 17.8 Å². The van der Waals surface area contributed by atoms with E-state index in [1.54, 1.807) is 18.2 Å². The molecular weight excluding hydrogens is 280 g/mol. The van der Waals surface area contributed by atoms with Crippen molar-refractivity contribution in [3.8, 4) is 0 Å². The van der Waals surface area contributed by atoms with Gasteiger partial charge in [-0.05, 0) is 30.6 Å². The minimum Gasteiger partial charge on any atom is -0.475 e. The van der Waals surface area contributed by atoms with Crippen molar-refractivity contribution in [3.05, 3.63) is 35.9 Å². The van der Waals surface area contributed by atoms with E-state index in [-0.39, 0.29) is 11.7 Å². The summed E-state index contributed by atoms with van der Waals surface area (Å²) in [4.78, 5) is 20.9. The summed E-state index contributed by atoms with van der Waals surface area (Å²) in [5.74, 6) is -0.342. The van der Waals surface area contributed by atoms with E-state index in [9.17, 15) is 14.7 Å². The van der Waals surface area contributed by atoms with Crippen LogP contribution in [0.4, 0.5) is 0 Å². The van der Waals surface area contributed by atoms with Crippen molar-refractivity contribution in [2.75, 3.05) is 0 Å². The second kappa shape index (κ2) is 8.69. The molecule has 0 aromatic heterocycles. The monoisotopic (exact) mass is 306 g/mol. The van der Waals surface area contributed by atoms with Crippen molar-refractivity contribution in [1.29, 1.82) is 0 Å². The number of Topliss-reactive ketones (excluding diaryl/α,β-unsaturated/α-hetero) is 1. The van der Waals surface area contributed by atoms with Gasteiger partial charge in [0.15, 0.2) is 0 Å². The first kappa shape index (κ1) is 18.4. The van der Waals surface area contributed by atoms with E-state index >= 15 is 0 Å². The van der Waals surface area contributed by atoms with Crippen molar-refractivity contribution in [3.63, 3.8) is 0 Å². The summed E-state index contributed by atoms with van der Waals surface area (Å²) < 4.78 is 0. The quantitative estimate of drug-likeness (QED) is 0.663. The SMILES string of the molecule is CC1CCC(C(C)C)C(O)C1.O=C(O)C(=O)c1ccccc1. The van der Waals surface area contributed by atoms with Crippen LogP contribution in [0.25, 0.3) is 0 Å². The van der Waals surface area contributed by atoms with E-state index in [2.05, 4.69) is 20.8 Å². The van der Waals surface area contributed by atoms with E-state index in [1.165, 1.54) is 25.0 Å². The minimum absolute atomic E-state index is 0.0289. The van der Waals surface area contributed by atoms with E-state index < -0.39 is 11.8 Å². The zero-order chi connectivity index (χ0) is 16.7. The first-order valence-electron chi connectivity index (χ1n) is 7.83. The highest BCUT2D eigenvalue weighted by atomic mass is 16.4. The third-order valence-corrected chi connectivity index (χ3v) is 4.22. The fourth-order valence-corrected chi connectivity index (χ4v) is 2.86. The number of aliphatic hydroxyl groups is 1. The van der Waals surface area contributed by atoms with Crippen molar-refractivity contribution in [2.24, 2.45) is 17.8 Å². The number of aliphatic hydroxyl groups excluding tert-OH is 1. The van der Waals surface area contributed by atoms with Crippen molar-refractivity contribution < 1.29 is 19.8 Å². The Kier molecular flexibility index (Phi) is 7.25. The lowest BCUT2D eigenvalue weighted by molar-refractivity contribution is -0.131. The molecule has 122 valence electrons. The molecule has 0 saturated heterocycles. The van der Waals surface area contributed by atoms with E-state index in [0.717, 1.165) is 12.3 Å². The van der Waals surface area contributed by atoms with Gasteiger partial charge in [0.2, 0.25) is 0 Å². The Morgan fingerprint density at radius 2 is 1.73 bits per heavy atom. The van der Waals surface area contributed by atoms with Crippen LogP contribution < -0.4 is 0 Å². The fraction of sp³-hybridized carbons (Fsp3) is 0.556. The molecule has 1 aliphatic rings. The van der Waals surface area contributed by atoms with Gasteiger partial charge in [0.1, 0.15) is 0 Å². The van der Waals surface area contributed by atoms with E-state index in [1.807, 2.05) is 0 Å². The molecule has 0 spiro atoms. The molecule has 0 radical (unpaired) electrons. The number of aliphatic carboxylic acids is 1. The van der Waals surface area contributed by atoms with Crippen LogP contribution in [-0.2, 0) is 4.79 Å². The Morgan fingerprint density at radius 3 is 2.18 bits per heavy atom. The zero-order valence-corrected chi connectivity index (χ0v) is 13.5. The summed E-state index contributed by atoms with van der Waals surface area (Å²) in [7, 11) is 0. The molecule has 2 rings (SSSR count).